The summed E-state index contributed by atoms with van der Waals surface area (Å²) in [6.45, 7) is 0.349. The minimum atomic E-state index is -0.400. The van der Waals surface area contributed by atoms with Gasteiger partial charge in [0.1, 0.15) is 6.54 Å². The minimum absolute atomic E-state index is 0.112. The minimum Gasteiger partial charge on any atom is -0.464 e. The second-order valence-electron chi connectivity index (χ2n) is 5.46. The fourth-order valence-electron chi connectivity index (χ4n) is 2.01. The normalized spacial score (nSPS) is 13.6. The van der Waals surface area contributed by atoms with Crippen LogP contribution in [-0.4, -0.2) is 34.8 Å². The molecule has 7 heteroatoms. The number of aromatic nitrogens is 2. The molecule has 0 bridgehead atoms. The monoisotopic (exact) mass is 377 g/mol. The van der Waals surface area contributed by atoms with Crippen molar-refractivity contribution in [2.45, 2.75) is 12.8 Å². The Kier molecular flexibility index (Phi) is 4.76. The van der Waals surface area contributed by atoms with Crippen LogP contribution in [0, 0.1) is 5.92 Å². The van der Waals surface area contributed by atoms with Gasteiger partial charge in [-0.2, -0.15) is 5.10 Å². The number of rotatable bonds is 6. The van der Waals surface area contributed by atoms with E-state index < -0.39 is 5.97 Å². The summed E-state index contributed by atoms with van der Waals surface area (Å²) < 4.78 is 7.64. The molecule has 1 aliphatic carbocycles. The van der Waals surface area contributed by atoms with Crippen LogP contribution in [0.5, 0.6) is 0 Å². The van der Waals surface area contributed by atoms with E-state index in [0.29, 0.717) is 18.1 Å². The standard InChI is InChI=1S/C16H16BrN3O3/c17-13-7-19-20(9-13)14-5-3-12(4-6-14)16(22)18-8-15(21)23-10-11-1-2-11/h3-7,9,11H,1-2,8,10H2,(H,18,22). The Morgan fingerprint density at radius 1 is 1.30 bits per heavy atom. The maximum atomic E-state index is 12.0. The summed E-state index contributed by atoms with van der Waals surface area (Å²) in [6.07, 6.45) is 5.76. The van der Waals surface area contributed by atoms with Crippen LogP contribution in [0.3, 0.4) is 0 Å². The third-order valence-corrected chi connectivity index (χ3v) is 3.92. The summed E-state index contributed by atoms with van der Waals surface area (Å²) in [6, 6.07) is 6.96. The molecule has 1 saturated carbocycles. The highest BCUT2D eigenvalue weighted by molar-refractivity contribution is 9.10. The molecular weight excluding hydrogens is 362 g/mol. The van der Waals surface area contributed by atoms with Crippen molar-refractivity contribution in [2.24, 2.45) is 5.92 Å². The molecule has 1 aromatic carbocycles. The fraction of sp³-hybridized carbons (Fsp3) is 0.312. The number of nitrogens with one attached hydrogen (secondary N) is 1. The molecule has 1 N–H and O–H groups in total. The highest BCUT2D eigenvalue weighted by atomic mass is 79.9. The molecule has 2 aromatic rings. The molecule has 6 nitrogen and oxygen atoms in total. The van der Waals surface area contributed by atoms with Gasteiger partial charge in [0.25, 0.3) is 5.91 Å². The van der Waals surface area contributed by atoms with Crippen molar-refractivity contribution in [1.82, 2.24) is 15.1 Å². The maximum absolute atomic E-state index is 12.0. The number of carbonyl (C=O) groups is 2. The number of hydrogen-bond donors (Lipinski definition) is 1. The first kappa shape index (κ1) is 15.7. The third kappa shape index (κ3) is 4.41. The summed E-state index contributed by atoms with van der Waals surface area (Å²) in [7, 11) is 0. The topological polar surface area (TPSA) is 73.2 Å². The molecule has 23 heavy (non-hydrogen) atoms. The summed E-state index contributed by atoms with van der Waals surface area (Å²) >= 11 is 3.34. The van der Waals surface area contributed by atoms with Crippen molar-refractivity contribution >= 4 is 27.8 Å². The summed E-state index contributed by atoms with van der Waals surface area (Å²) in [5, 5.41) is 6.73. The number of hydrogen-bond acceptors (Lipinski definition) is 4. The van der Waals surface area contributed by atoms with E-state index in [0.717, 1.165) is 23.0 Å². The van der Waals surface area contributed by atoms with Gasteiger partial charge in [0.2, 0.25) is 0 Å². The molecule has 0 atom stereocenters. The van der Waals surface area contributed by atoms with Gasteiger partial charge in [0.05, 0.1) is 23.0 Å². The lowest BCUT2D eigenvalue weighted by atomic mass is 10.2. The number of amides is 1. The molecule has 1 heterocycles. The average Bonchev–Trinajstić information content (AvgIpc) is 3.30. The second-order valence-corrected chi connectivity index (χ2v) is 6.37. The van der Waals surface area contributed by atoms with Crippen molar-refractivity contribution in [3.63, 3.8) is 0 Å². The third-order valence-electron chi connectivity index (χ3n) is 3.52. The van der Waals surface area contributed by atoms with Crippen LogP contribution < -0.4 is 5.32 Å². The van der Waals surface area contributed by atoms with Gasteiger partial charge in [-0.1, -0.05) is 0 Å². The fourth-order valence-corrected chi connectivity index (χ4v) is 2.29. The van der Waals surface area contributed by atoms with Crippen molar-refractivity contribution in [1.29, 1.82) is 0 Å². The van der Waals surface area contributed by atoms with E-state index in [-0.39, 0.29) is 12.5 Å². The summed E-state index contributed by atoms with van der Waals surface area (Å²) in [5.74, 6) is -0.186. The number of carbonyl (C=O) groups excluding carboxylic acids is 2. The zero-order chi connectivity index (χ0) is 16.2. The Labute approximate surface area is 141 Å². The predicted molar refractivity (Wildman–Crippen MR) is 87.3 cm³/mol. The van der Waals surface area contributed by atoms with Crippen molar-refractivity contribution in [3.05, 3.63) is 46.7 Å². The Balaban J connectivity index is 1.51. The van der Waals surface area contributed by atoms with E-state index in [9.17, 15) is 9.59 Å². The quantitative estimate of drug-likeness (QED) is 0.783. The van der Waals surface area contributed by atoms with E-state index >= 15 is 0 Å². The van der Waals surface area contributed by atoms with Crippen LogP contribution in [0.2, 0.25) is 0 Å². The molecule has 1 aliphatic rings. The predicted octanol–water partition coefficient (Wildman–Crippen LogP) is 2.32. The summed E-state index contributed by atoms with van der Waals surface area (Å²) in [4.78, 5) is 23.5. The van der Waals surface area contributed by atoms with Crippen LogP contribution in [0.25, 0.3) is 5.69 Å². The Bertz CT molecular complexity index is 708. The van der Waals surface area contributed by atoms with Gasteiger partial charge < -0.3 is 10.1 Å². The highest BCUT2D eigenvalue weighted by Gasteiger charge is 2.23. The number of nitrogens with zero attached hydrogens (tertiary/aromatic N) is 2. The Morgan fingerprint density at radius 2 is 2.04 bits per heavy atom. The molecule has 3 rings (SSSR count). The van der Waals surface area contributed by atoms with Gasteiger partial charge in [-0.3, -0.25) is 9.59 Å². The zero-order valence-electron chi connectivity index (χ0n) is 12.4. The molecular formula is C16H16BrN3O3. The largest absolute Gasteiger partial charge is 0.464 e. The molecule has 0 aliphatic heterocycles. The number of ether oxygens (including phenoxy) is 1. The molecule has 1 amide bonds. The Hall–Kier alpha value is -2.15. The van der Waals surface area contributed by atoms with E-state index in [2.05, 4.69) is 26.3 Å². The number of halogens is 1. The maximum Gasteiger partial charge on any atom is 0.325 e. The number of esters is 1. The molecule has 120 valence electrons. The van der Waals surface area contributed by atoms with E-state index in [4.69, 9.17) is 4.74 Å². The first-order chi connectivity index (χ1) is 11.1. The molecule has 0 unspecified atom stereocenters. The molecule has 0 spiro atoms. The van der Waals surface area contributed by atoms with Crippen molar-refractivity contribution in [2.75, 3.05) is 13.2 Å². The van der Waals surface area contributed by atoms with Crippen LogP contribution in [0.1, 0.15) is 23.2 Å². The lowest BCUT2D eigenvalue weighted by Crippen LogP contribution is -2.30. The van der Waals surface area contributed by atoms with Crippen LogP contribution in [0.4, 0.5) is 0 Å². The Morgan fingerprint density at radius 3 is 2.65 bits per heavy atom. The molecule has 0 saturated heterocycles. The van der Waals surface area contributed by atoms with Crippen LogP contribution in [-0.2, 0) is 9.53 Å². The first-order valence-electron chi connectivity index (χ1n) is 7.36. The van der Waals surface area contributed by atoms with Gasteiger partial charge in [-0.05, 0) is 59.0 Å². The van der Waals surface area contributed by atoms with E-state index in [1.165, 1.54) is 0 Å². The number of benzene rings is 1. The lowest BCUT2D eigenvalue weighted by molar-refractivity contribution is -0.142. The van der Waals surface area contributed by atoms with Crippen molar-refractivity contribution in [3.8, 4) is 5.69 Å². The van der Waals surface area contributed by atoms with Gasteiger partial charge in [0.15, 0.2) is 0 Å². The van der Waals surface area contributed by atoms with Gasteiger partial charge in [0, 0.05) is 11.8 Å². The van der Waals surface area contributed by atoms with Gasteiger partial charge in [-0.25, -0.2) is 4.68 Å². The molecule has 0 radical (unpaired) electrons. The van der Waals surface area contributed by atoms with Gasteiger partial charge in [-0.15, -0.1) is 0 Å². The van der Waals surface area contributed by atoms with Gasteiger partial charge >= 0.3 is 5.97 Å². The summed E-state index contributed by atoms with van der Waals surface area (Å²) in [5.41, 5.74) is 1.33. The first-order valence-corrected chi connectivity index (χ1v) is 8.15. The highest BCUT2D eigenvalue weighted by Crippen LogP contribution is 2.28. The smallest absolute Gasteiger partial charge is 0.325 e. The van der Waals surface area contributed by atoms with Crippen molar-refractivity contribution < 1.29 is 14.3 Å². The molecule has 1 fully saturated rings. The van der Waals surface area contributed by atoms with Crippen LogP contribution in [0.15, 0.2) is 41.1 Å². The van der Waals surface area contributed by atoms with E-state index in [1.807, 2.05) is 6.20 Å². The average molecular weight is 378 g/mol. The molecule has 1 aromatic heterocycles. The van der Waals surface area contributed by atoms with E-state index in [1.54, 1.807) is 35.1 Å². The SMILES string of the molecule is O=C(CNC(=O)c1ccc(-n2cc(Br)cn2)cc1)OCC1CC1. The lowest BCUT2D eigenvalue weighted by Gasteiger charge is -2.07. The second kappa shape index (κ2) is 6.95. The zero-order valence-corrected chi connectivity index (χ0v) is 14.0. The van der Waals surface area contributed by atoms with Crippen LogP contribution >= 0.6 is 15.9 Å².